The average molecular weight is 342 g/mol. The van der Waals surface area contributed by atoms with Crippen LogP contribution < -0.4 is 15.4 Å². The van der Waals surface area contributed by atoms with Crippen LogP contribution in [-0.2, 0) is 16.1 Å². The first-order chi connectivity index (χ1) is 12.2. The third kappa shape index (κ3) is 5.32. The summed E-state index contributed by atoms with van der Waals surface area (Å²) in [5, 5.41) is 5.79. The molecule has 0 aliphatic carbocycles. The Labute approximate surface area is 147 Å². The molecule has 0 fully saturated rings. The molecule has 0 atom stereocenters. The van der Waals surface area contributed by atoms with E-state index in [9.17, 15) is 9.59 Å². The molecule has 0 unspecified atom stereocenters. The summed E-state index contributed by atoms with van der Waals surface area (Å²) in [4.78, 5) is 24.0. The van der Waals surface area contributed by atoms with Crippen LogP contribution in [0.25, 0.3) is 0 Å². The highest BCUT2D eigenvalue weighted by atomic mass is 16.5. The fourth-order valence-electron chi connectivity index (χ4n) is 2.33. The topological polar surface area (TPSA) is 76.7 Å². The van der Waals surface area contributed by atoms with Crippen molar-refractivity contribution >= 4 is 17.6 Å². The van der Waals surface area contributed by atoms with E-state index in [1.165, 1.54) is 0 Å². The van der Waals surface area contributed by atoms with Crippen molar-refractivity contribution in [3.8, 4) is 5.75 Å². The van der Waals surface area contributed by atoms with E-state index in [1.807, 2.05) is 24.3 Å². The van der Waals surface area contributed by atoms with Crippen molar-refractivity contribution in [1.82, 2.24) is 5.32 Å². The second kappa shape index (κ2) is 9.44. The highest BCUT2D eigenvalue weighted by Crippen LogP contribution is 2.17. The number of carbonyl (C=O) groups excluding carboxylic acids is 2. The van der Waals surface area contributed by atoms with E-state index in [1.54, 1.807) is 38.3 Å². The highest BCUT2D eigenvalue weighted by Gasteiger charge is 2.13. The summed E-state index contributed by atoms with van der Waals surface area (Å²) in [6.45, 7) is 2.62. The molecule has 0 saturated carbocycles. The molecule has 25 heavy (non-hydrogen) atoms. The summed E-state index contributed by atoms with van der Waals surface area (Å²) in [5.74, 6) is 0.0649. The van der Waals surface area contributed by atoms with Crippen LogP contribution >= 0.6 is 0 Å². The van der Waals surface area contributed by atoms with Crippen LogP contribution in [0.3, 0.4) is 0 Å². The Morgan fingerprint density at radius 2 is 1.76 bits per heavy atom. The van der Waals surface area contributed by atoms with E-state index in [4.69, 9.17) is 9.47 Å². The maximum absolute atomic E-state index is 12.1. The first-order valence-corrected chi connectivity index (χ1v) is 8.04. The zero-order valence-corrected chi connectivity index (χ0v) is 14.4. The lowest BCUT2D eigenvalue weighted by Crippen LogP contribution is -2.28. The van der Waals surface area contributed by atoms with Gasteiger partial charge in [0.1, 0.15) is 5.75 Å². The van der Waals surface area contributed by atoms with Gasteiger partial charge >= 0.3 is 5.97 Å². The third-order valence-corrected chi connectivity index (χ3v) is 3.49. The van der Waals surface area contributed by atoms with Crippen LogP contribution in [-0.4, -0.2) is 32.1 Å². The van der Waals surface area contributed by atoms with Crippen LogP contribution in [0.4, 0.5) is 5.69 Å². The predicted octanol–water partition coefficient (Wildman–Crippen LogP) is 2.60. The molecule has 0 aliphatic rings. The molecule has 0 saturated heterocycles. The van der Waals surface area contributed by atoms with E-state index < -0.39 is 5.97 Å². The van der Waals surface area contributed by atoms with Crippen molar-refractivity contribution < 1.29 is 19.1 Å². The highest BCUT2D eigenvalue weighted by molar-refractivity contribution is 6.01. The average Bonchev–Trinajstić information content (AvgIpc) is 2.62. The molecule has 6 nitrogen and oxygen atoms in total. The van der Waals surface area contributed by atoms with Gasteiger partial charge in [-0.2, -0.15) is 0 Å². The van der Waals surface area contributed by atoms with E-state index >= 15 is 0 Å². The lowest BCUT2D eigenvalue weighted by Gasteiger charge is -2.12. The van der Waals surface area contributed by atoms with E-state index in [2.05, 4.69) is 10.6 Å². The molecule has 2 aromatic carbocycles. The summed E-state index contributed by atoms with van der Waals surface area (Å²) in [6, 6.07) is 14.4. The number of nitrogens with one attached hydrogen (secondary N) is 2. The fourth-order valence-corrected chi connectivity index (χ4v) is 2.33. The van der Waals surface area contributed by atoms with Crippen LogP contribution in [0.15, 0.2) is 48.5 Å². The Morgan fingerprint density at radius 3 is 2.52 bits per heavy atom. The number of para-hydroxylation sites is 2. The molecule has 2 N–H and O–H groups in total. The van der Waals surface area contributed by atoms with Gasteiger partial charge in [-0.1, -0.05) is 30.3 Å². The smallest absolute Gasteiger partial charge is 0.340 e. The van der Waals surface area contributed by atoms with Crippen LogP contribution in [0.2, 0.25) is 0 Å². The number of anilines is 1. The Kier molecular flexibility index (Phi) is 6.98. The SMILES string of the molecule is CCOC(=O)c1ccccc1NC(=O)CNCc1ccccc1OC. The first-order valence-electron chi connectivity index (χ1n) is 8.04. The molecule has 0 spiro atoms. The second-order valence-electron chi connectivity index (χ2n) is 5.23. The minimum atomic E-state index is -0.458. The number of benzene rings is 2. The number of hydrogen-bond donors (Lipinski definition) is 2. The third-order valence-electron chi connectivity index (χ3n) is 3.49. The van der Waals surface area contributed by atoms with Gasteiger partial charge < -0.3 is 20.1 Å². The summed E-state index contributed by atoms with van der Waals surface area (Å²) in [5.41, 5.74) is 1.73. The van der Waals surface area contributed by atoms with E-state index in [-0.39, 0.29) is 19.1 Å². The van der Waals surface area contributed by atoms with Crippen LogP contribution in [0.5, 0.6) is 5.75 Å². The van der Waals surface area contributed by atoms with Crippen LogP contribution in [0, 0.1) is 0 Å². The lowest BCUT2D eigenvalue weighted by atomic mass is 10.1. The van der Waals surface area contributed by atoms with Gasteiger partial charge in [0.2, 0.25) is 5.91 Å². The molecule has 1 amide bonds. The van der Waals surface area contributed by atoms with E-state index in [0.717, 1.165) is 11.3 Å². The Morgan fingerprint density at radius 1 is 1.04 bits per heavy atom. The van der Waals surface area contributed by atoms with Crippen LogP contribution in [0.1, 0.15) is 22.8 Å². The maximum atomic E-state index is 12.1. The molecule has 0 aliphatic heterocycles. The number of methoxy groups -OCH3 is 1. The van der Waals surface area contributed by atoms with Gasteiger partial charge in [-0.15, -0.1) is 0 Å². The molecule has 6 heteroatoms. The van der Waals surface area contributed by atoms with Gasteiger partial charge in [0.15, 0.2) is 0 Å². The van der Waals surface area contributed by atoms with Gasteiger partial charge in [-0.05, 0) is 25.1 Å². The minimum absolute atomic E-state index is 0.106. The molecule has 0 aromatic heterocycles. The second-order valence-corrected chi connectivity index (χ2v) is 5.23. The predicted molar refractivity (Wildman–Crippen MR) is 95.7 cm³/mol. The lowest BCUT2D eigenvalue weighted by molar-refractivity contribution is -0.115. The summed E-state index contributed by atoms with van der Waals surface area (Å²) < 4.78 is 10.3. The normalized spacial score (nSPS) is 10.2. The van der Waals surface area contributed by atoms with Crippen molar-refractivity contribution in [3.63, 3.8) is 0 Å². The number of rotatable bonds is 8. The standard InChI is InChI=1S/C19H22N2O4/c1-3-25-19(23)15-9-5-6-10-16(15)21-18(22)13-20-12-14-8-4-7-11-17(14)24-2/h4-11,20H,3,12-13H2,1-2H3,(H,21,22). The molecular formula is C19H22N2O4. The fraction of sp³-hybridized carbons (Fsp3) is 0.263. The summed E-state index contributed by atoms with van der Waals surface area (Å²) in [6.07, 6.45) is 0. The molecule has 132 valence electrons. The number of esters is 1. The quantitative estimate of drug-likeness (QED) is 0.721. The monoisotopic (exact) mass is 342 g/mol. The zero-order chi connectivity index (χ0) is 18.1. The summed E-state index contributed by atoms with van der Waals surface area (Å²) >= 11 is 0. The van der Waals surface area contributed by atoms with Crippen molar-refractivity contribution in [2.45, 2.75) is 13.5 Å². The summed E-state index contributed by atoms with van der Waals surface area (Å²) in [7, 11) is 1.61. The Balaban J connectivity index is 1.92. The number of ether oxygens (including phenoxy) is 2. The first kappa shape index (κ1) is 18.5. The number of carbonyl (C=O) groups is 2. The van der Waals surface area contributed by atoms with Gasteiger partial charge in [-0.3, -0.25) is 4.79 Å². The maximum Gasteiger partial charge on any atom is 0.340 e. The molecular weight excluding hydrogens is 320 g/mol. The van der Waals surface area contributed by atoms with Crippen molar-refractivity contribution in [1.29, 1.82) is 0 Å². The van der Waals surface area contributed by atoms with Gasteiger partial charge in [0, 0.05) is 12.1 Å². The molecule has 0 radical (unpaired) electrons. The van der Waals surface area contributed by atoms with Crippen molar-refractivity contribution in [3.05, 3.63) is 59.7 Å². The van der Waals surface area contributed by atoms with E-state index in [0.29, 0.717) is 17.8 Å². The number of hydrogen-bond acceptors (Lipinski definition) is 5. The van der Waals surface area contributed by atoms with Gasteiger partial charge in [0.05, 0.1) is 31.5 Å². The number of amides is 1. The molecule has 0 bridgehead atoms. The largest absolute Gasteiger partial charge is 0.496 e. The van der Waals surface area contributed by atoms with Crippen molar-refractivity contribution in [2.24, 2.45) is 0 Å². The Bertz CT molecular complexity index is 731. The van der Waals surface area contributed by atoms with Gasteiger partial charge in [-0.25, -0.2) is 4.79 Å². The molecule has 2 rings (SSSR count). The Hall–Kier alpha value is -2.86. The minimum Gasteiger partial charge on any atom is -0.496 e. The van der Waals surface area contributed by atoms with Crippen molar-refractivity contribution in [2.75, 3.05) is 25.6 Å². The molecule has 0 heterocycles. The molecule has 2 aromatic rings. The van der Waals surface area contributed by atoms with Gasteiger partial charge in [0.25, 0.3) is 0 Å². The zero-order valence-electron chi connectivity index (χ0n) is 14.4.